The monoisotopic (exact) mass is 269 g/mol. The van der Waals surface area contributed by atoms with Gasteiger partial charge in [-0.25, -0.2) is 9.37 Å². The SMILES string of the molecule is Cc1cccc(CCn2c(N)nc3c(F)cccc32)c1. The smallest absolute Gasteiger partial charge is 0.201 e. The number of halogens is 1. The summed E-state index contributed by atoms with van der Waals surface area (Å²) in [5.74, 6) is 0.0289. The molecule has 0 radical (unpaired) electrons. The van der Waals surface area contributed by atoms with Crippen molar-refractivity contribution in [2.24, 2.45) is 0 Å². The van der Waals surface area contributed by atoms with Crippen LogP contribution in [0.25, 0.3) is 11.0 Å². The van der Waals surface area contributed by atoms with Gasteiger partial charge in [-0.15, -0.1) is 0 Å². The van der Waals surface area contributed by atoms with Crippen LogP contribution >= 0.6 is 0 Å². The molecule has 102 valence electrons. The van der Waals surface area contributed by atoms with Crippen LogP contribution in [0.5, 0.6) is 0 Å². The van der Waals surface area contributed by atoms with Gasteiger partial charge in [-0.05, 0) is 31.0 Å². The number of aryl methyl sites for hydroxylation is 3. The Labute approximate surface area is 116 Å². The maximum atomic E-state index is 13.7. The zero-order valence-corrected chi connectivity index (χ0v) is 11.3. The molecular formula is C16H16FN3. The Balaban J connectivity index is 1.91. The number of aromatic nitrogens is 2. The molecule has 0 atom stereocenters. The van der Waals surface area contributed by atoms with Crippen molar-refractivity contribution < 1.29 is 4.39 Å². The Kier molecular flexibility index (Phi) is 3.14. The summed E-state index contributed by atoms with van der Waals surface area (Å²) in [6.45, 7) is 2.76. The van der Waals surface area contributed by atoms with E-state index in [0.29, 0.717) is 18.0 Å². The minimum atomic E-state index is -0.330. The molecule has 0 aliphatic rings. The summed E-state index contributed by atoms with van der Waals surface area (Å²) in [6.07, 6.45) is 0.841. The highest BCUT2D eigenvalue weighted by Gasteiger charge is 2.11. The second-order valence-corrected chi connectivity index (χ2v) is 4.97. The average Bonchev–Trinajstić information content (AvgIpc) is 2.74. The lowest BCUT2D eigenvalue weighted by molar-refractivity contribution is 0.637. The van der Waals surface area contributed by atoms with Gasteiger partial charge in [-0.3, -0.25) is 0 Å². The van der Waals surface area contributed by atoms with Crippen molar-refractivity contribution in [3.05, 3.63) is 59.4 Å². The molecule has 1 heterocycles. The van der Waals surface area contributed by atoms with Gasteiger partial charge in [-0.1, -0.05) is 35.9 Å². The first kappa shape index (κ1) is 12.7. The van der Waals surface area contributed by atoms with Crippen LogP contribution in [0.1, 0.15) is 11.1 Å². The number of anilines is 1. The molecule has 4 heteroatoms. The highest BCUT2D eigenvalue weighted by atomic mass is 19.1. The van der Waals surface area contributed by atoms with Crippen LogP contribution in [0.15, 0.2) is 42.5 Å². The fraction of sp³-hybridized carbons (Fsp3) is 0.188. The van der Waals surface area contributed by atoms with E-state index in [4.69, 9.17) is 5.73 Å². The lowest BCUT2D eigenvalue weighted by atomic mass is 10.1. The highest BCUT2D eigenvalue weighted by Crippen LogP contribution is 2.21. The molecule has 2 N–H and O–H groups in total. The van der Waals surface area contributed by atoms with Crippen molar-refractivity contribution in [1.82, 2.24) is 9.55 Å². The molecule has 0 saturated carbocycles. The van der Waals surface area contributed by atoms with Crippen molar-refractivity contribution >= 4 is 17.0 Å². The van der Waals surface area contributed by atoms with Gasteiger partial charge in [0.2, 0.25) is 5.95 Å². The lowest BCUT2D eigenvalue weighted by Crippen LogP contribution is -2.05. The number of fused-ring (bicyclic) bond motifs is 1. The minimum absolute atomic E-state index is 0.330. The molecule has 0 saturated heterocycles. The Morgan fingerprint density at radius 2 is 2.00 bits per heavy atom. The molecule has 3 rings (SSSR count). The standard InChI is InChI=1S/C16H16FN3/c1-11-4-2-5-12(10-11)8-9-20-14-7-3-6-13(17)15(14)19-16(20)18/h2-7,10H,8-9H2,1H3,(H2,18,19). The number of benzene rings is 2. The van der Waals surface area contributed by atoms with E-state index in [0.717, 1.165) is 11.9 Å². The number of para-hydroxylation sites is 1. The predicted octanol–water partition coefficient (Wildman–Crippen LogP) is 3.31. The zero-order valence-electron chi connectivity index (χ0n) is 11.3. The van der Waals surface area contributed by atoms with E-state index >= 15 is 0 Å². The Hall–Kier alpha value is -2.36. The molecule has 0 aliphatic carbocycles. The second kappa shape index (κ2) is 4.96. The summed E-state index contributed by atoms with van der Waals surface area (Å²) in [5, 5.41) is 0. The summed E-state index contributed by atoms with van der Waals surface area (Å²) in [6, 6.07) is 13.3. The van der Waals surface area contributed by atoms with Crippen LogP contribution in [0.3, 0.4) is 0 Å². The molecule has 0 amide bonds. The number of hydrogen-bond donors (Lipinski definition) is 1. The van der Waals surface area contributed by atoms with E-state index in [1.165, 1.54) is 17.2 Å². The molecule has 0 fully saturated rings. The fourth-order valence-corrected chi connectivity index (χ4v) is 2.47. The maximum Gasteiger partial charge on any atom is 0.201 e. The number of nitrogens with zero attached hydrogens (tertiary/aromatic N) is 2. The normalized spacial score (nSPS) is 11.1. The van der Waals surface area contributed by atoms with Gasteiger partial charge in [0.05, 0.1) is 5.52 Å². The maximum absolute atomic E-state index is 13.7. The number of hydrogen-bond acceptors (Lipinski definition) is 2. The highest BCUT2D eigenvalue weighted by molar-refractivity contribution is 5.78. The van der Waals surface area contributed by atoms with E-state index < -0.39 is 0 Å². The molecule has 1 aromatic heterocycles. The number of rotatable bonds is 3. The quantitative estimate of drug-likeness (QED) is 0.792. The summed E-state index contributed by atoms with van der Waals surface area (Å²) in [4.78, 5) is 4.11. The van der Waals surface area contributed by atoms with Gasteiger partial charge >= 0.3 is 0 Å². The van der Waals surface area contributed by atoms with Gasteiger partial charge in [0, 0.05) is 6.54 Å². The minimum Gasteiger partial charge on any atom is -0.369 e. The Morgan fingerprint density at radius 1 is 1.20 bits per heavy atom. The van der Waals surface area contributed by atoms with Gasteiger partial charge < -0.3 is 10.3 Å². The third kappa shape index (κ3) is 2.25. The second-order valence-electron chi connectivity index (χ2n) is 4.97. The van der Waals surface area contributed by atoms with Crippen molar-refractivity contribution in [2.75, 3.05) is 5.73 Å². The van der Waals surface area contributed by atoms with Crippen molar-refractivity contribution in [2.45, 2.75) is 19.9 Å². The van der Waals surface area contributed by atoms with Gasteiger partial charge in [0.1, 0.15) is 5.52 Å². The van der Waals surface area contributed by atoms with E-state index in [1.54, 1.807) is 6.07 Å². The van der Waals surface area contributed by atoms with Gasteiger partial charge in [0.25, 0.3) is 0 Å². The number of imidazole rings is 1. The molecule has 3 nitrogen and oxygen atoms in total. The lowest BCUT2D eigenvalue weighted by Gasteiger charge is -2.07. The molecule has 2 aromatic carbocycles. The van der Waals surface area contributed by atoms with Crippen LogP contribution in [0.4, 0.5) is 10.3 Å². The van der Waals surface area contributed by atoms with Crippen LogP contribution in [0, 0.1) is 12.7 Å². The molecule has 3 aromatic rings. The Bertz CT molecular complexity index is 762. The Morgan fingerprint density at radius 3 is 2.80 bits per heavy atom. The van der Waals surface area contributed by atoms with Crippen molar-refractivity contribution in [3.63, 3.8) is 0 Å². The van der Waals surface area contributed by atoms with Gasteiger partial charge in [0.15, 0.2) is 5.82 Å². The zero-order chi connectivity index (χ0) is 14.1. The van der Waals surface area contributed by atoms with E-state index in [-0.39, 0.29) is 5.82 Å². The molecule has 0 bridgehead atoms. The largest absolute Gasteiger partial charge is 0.369 e. The molecule has 0 spiro atoms. The van der Waals surface area contributed by atoms with Crippen LogP contribution < -0.4 is 5.73 Å². The van der Waals surface area contributed by atoms with E-state index in [9.17, 15) is 4.39 Å². The first-order chi connectivity index (χ1) is 9.65. The average molecular weight is 269 g/mol. The van der Waals surface area contributed by atoms with E-state index in [1.807, 2.05) is 16.7 Å². The van der Waals surface area contributed by atoms with Crippen molar-refractivity contribution in [3.8, 4) is 0 Å². The van der Waals surface area contributed by atoms with Crippen LogP contribution in [-0.2, 0) is 13.0 Å². The molecule has 0 unspecified atom stereocenters. The molecule has 20 heavy (non-hydrogen) atoms. The number of nitrogens with two attached hydrogens (primary N) is 1. The first-order valence-corrected chi connectivity index (χ1v) is 6.61. The predicted molar refractivity (Wildman–Crippen MR) is 79.0 cm³/mol. The number of nitrogen functional groups attached to an aromatic ring is 1. The topological polar surface area (TPSA) is 43.8 Å². The third-order valence-corrected chi connectivity index (χ3v) is 3.47. The summed E-state index contributed by atoms with van der Waals surface area (Å²) < 4.78 is 15.5. The van der Waals surface area contributed by atoms with Crippen LogP contribution in [0.2, 0.25) is 0 Å². The third-order valence-electron chi connectivity index (χ3n) is 3.47. The van der Waals surface area contributed by atoms with Gasteiger partial charge in [-0.2, -0.15) is 0 Å². The summed E-state index contributed by atoms with van der Waals surface area (Å²) >= 11 is 0. The van der Waals surface area contributed by atoms with Crippen molar-refractivity contribution in [1.29, 1.82) is 0 Å². The molecule has 0 aliphatic heterocycles. The van der Waals surface area contributed by atoms with E-state index in [2.05, 4.69) is 30.1 Å². The first-order valence-electron chi connectivity index (χ1n) is 6.61. The summed E-state index contributed by atoms with van der Waals surface area (Å²) in [5.41, 5.74) is 9.46. The fourth-order valence-electron chi connectivity index (χ4n) is 2.47. The molecular weight excluding hydrogens is 253 g/mol. The van der Waals surface area contributed by atoms with Crippen LogP contribution in [-0.4, -0.2) is 9.55 Å². The summed E-state index contributed by atoms with van der Waals surface area (Å²) in [7, 11) is 0.